The molecule has 1 fully saturated rings. The molecule has 1 aliphatic heterocycles. The number of carbonyl (C=O) groups is 4. The second kappa shape index (κ2) is 21.6. The van der Waals surface area contributed by atoms with Crippen molar-refractivity contribution >= 4 is 46.4 Å². The van der Waals surface area contributed by atoms with Crippen molar-refractivity contribution < 1.29 is 23.9 Å². The van der Waals surface area contributed by atoms with Gasteiger partial charge in [0.25, 0.3) is 0 Å². The van der Waals surface area contributed by atoms with Gasteiger partial charge in [-0.3, -0.25) is 14.6 Å². The number of hydrogen-bond donors (Lipinski definition) is 2. The van der Waals surface area contributed by atoms with Gasteiger partial charge in [0.05, 0.1) is 33.7 Å². The van der Waals surface area contributed by atoms with Crippen LogP contribution < -0.4 is 10.6 Å². The molecular formula is C42H54N6O5S2. The normalized spacial score (nSPS) is 14.9. The van der Waals surface area contributed by atoms with E-state index in [0.717, 1.165) is 26.7 Å². The van der Waals surface area contributed by atoms with Crippen LogP contribution in [0, 0.1) is 5.92 Å². The van der Waals surface area contributed by atoms with Gasteiger partial charge in [0, 0.05) is 69.5 Å². The molecule has 294 valence electrons. The molecule has 1 aliphatic rings. The zero-order chi connectivity index (χ0) is 39.0. The van der Waals surface area contributed by atoms with Crippen molar-refractivity contribution in [1.29, 1.82) is 0 Å². The average molecular weight is 787 g/mol. The molecule has 0 radical (unpaired) electrons. The molecule has 2 aromatic heterocycles. The minimum absolute atomic E-state index is 0.0249. The van der Waals surface area contributed by atoms with Gasteiger partial charge in [-0.25, -0.2) is 14.6 Å². The number of piperidine rings is 1. The SMILES string of the molecule is CC(C)c1nc(CN(C)C(=O)NC(CCN2CCC(=O)CC2)C(=O)CC(CCC(Cc2ccccc2)NC(=O)OCc2cncs2)Cc2ccccc2)cs1. The first-order valence-electron chi connectivity index (χ1n) is 19.2. The van der Waals surface area contributed by atoms with Crippen LogP contribution in [0.4, 0.5) is 9.59 Å². The molecule has 3 heterocycles. The van der Waals surface area contributed by atoms with E-state index < -0.39 is 12.1 Å². The molecule has 11 nitrogen and oxygen atoms in total. The number of nitrogens with zero attached hydrogens (tertiary/aromatic N) is 4. The largest absolute Gasteiger partial charge is 0.444 e. The van der Waals surface area contributed by atoms with Crippen LogP contribution in [0.2, 0.25) is 0 Å². The number of aromatic nitrogens is 2. The number of nitrogens with one attached hydrogen (secondary N) is 2. The molecule has 55 heavy (non-hydrogen) atoms. The average Bonchev–Trinajstić information content (AvgIpc) is 3.89. The fraction of sp³-hybridized carbons (Fsp3) is 0.476. The van der Waals surface area contributed by atoms with Crippen LogP contribution in [0.1, 0.15) is 85.0 Å². The van der Waals surface area contributed by atoms with Crippen molar-refractivity contribution in [2.75, 3.05) is 26.7 Å². The summed E-state index contributed by atoms with van der Waals surface area (Å²) in [4.78, 5) is 66.3. The first-order chi connectivity index (χ1) is 26.6. The molecule has 0 saturated carbocycles. The summed E-state index contributed by atoms with van der Waals surface area (Å²) >= 11 is 3.02. The molecule has 5 rings (SSSR count). The molecule has 0 aliphatic carbocycles. The molecule has 1 saturated heterocycles. The van der Waals surface area contributed by atoms with Crippen LogP contribution in [-0.4, -0.2) is 82.2 Å². The number of rotatable bonds is 20. The van der Waals surface area contributed by atoms with E-state index >= 15 is 0 Å². The van der Waals surface area contributed by atoms with Crippen LogP contribution >= 0.6 is 22.7 Å². The number of likely N-dealkylation sites (tertiary alicyclic amines) is 1. The maximum atomic E-state index is 14.4. The quantitative estimate of drug-likeness (QED) is 0.0946. The predicted octanol–water partition coefficient (Wildman–Crippen LogP) is 7.42. The van der Waals surface area contributed by atoms with E-state index in [1.54, 1.807) is 35.0 Å². The number of ether oxygens (including phenoxy) is 1. The third kappa shape index (κ3) is 14.3. The summed E-state index contributed by atoms with van der Waals surface area (Å²) in [6.07, 6.45) is 5.52. The van der Waals surface area contributed by atoms with Crippen molar-refractivity contribution in [1.82, 2.24) is 30.4 Å². The van der Waals surface area contributed by atoms with E-state index in [2.05, 4.69) is 51.5 Å². The Morgan fingerprint density at radius 2 is 1.60 bits per heavy atom. The van der Waals surface area contributed by atoms with Gasteiger partial charge in [-0.1, -0.05) is 74.5 Å². The molecule has 3 amide bonds. The number of carbonyl (C=O) groups excluding carboxylic acids is 4. The summed E-state index contributed by atoms with van der Waals surface area (Å²) in [5, 5.41) is 9.17. The maximum absolute atomic E-state index is 14.4. The number of hydrogen-bond acceptors (Lipinski definition) is 10. The number of Topliss-reactive ketones (excluding diaryl/α,β-unsaturated/α-hetero) is 2. The Morgan fingerprint density at radius 3 is 2.24 bits per heavy atom. The number of urea groups is 1. The van der Waals surface area contributed by atoms with Crippen molar-refractivity contribution in [2.45, 2.75) is 96.4 Å². The van der Waals surface area contributed by atoms with Crippen molar-refractivity contribution in [3.63, 3.8) is 0 Å². The smallest absolute Gasteiger partial charge is 0.407 e. The van der Waals surface area contributed by atoms with Gasteiger partial charge >= 0.3 is 12.1 Å². The topological polar surface area (TPSA) is 134 Å². The lowest BCUT2D eigenvalue weighted by Crippen LogP contribution is -2.48. The van der Waals surface area contributed by atoms with Gasteiger partial charge in [-0.15, -0.1) is 22.7 Å². The number of thiazole rings is 2. The second-order valence-corrected chi connectivity index (χ2v) is 16.6. The van der Waals surface area contributed by atoms with Crippen LogP contribution in [0.3, 0.4) is 0 Å². The minimum atomic E-state index is -0.701. The fourth-order valence-corrected chi connectivity index (χ4v) is 8.09. The zero-order valence-corrected chi connectivity index (χ0v) is 33.8. The van der Waals surface area contributed by atoms with Crippen LogP contribution in [0.25, 0.3) is 0 Å². The lowest BCUT2D eigenvalue weighted by molar-refractivity contribution is -0.123. The van der Waals surface area contributed by atoms with Gasteiger partial charge in [0.1, 0.15) is 12.4 Å². The van der Waals surface area contributed by atoms with Gasteiger partial charge in [-0.05, 0) is 49.1 Å². The maximum Gasteiger partial charge on any atom is 0.407 e. The number of alkyl carbamates (subject to hydrolysis) is 1. The molecule has 13 heteroatoms. The highest BCUT2D eigenvalue weighted by Gasteiger charge is 2.28. The van der Waals surface area contributed by atoms with E-state index in [4.69, 9.17) is 4.74 Å². The molecule has 0 bridgehead atoms. The number of benzene rings is 2. The van der Waals surface area contributed by atoms with Gasteiger partial charge in [0.2, 0.25) is 0 Å². The molecule has 4 aromatic rings. The van der Waals surface area contributed by atoms with E-state index in [1.807, 2.05) is 53.9 Å². The van der Waals surface area contributed by atoms with Crippen LogP contribution in [-0.2, 0) is 40.3 Å². The van der Waals surface area contributed by atoms with Crippen molar-refractivity contribution in [2.24, 2.45) is 5.92 Å². The van der Waals surface area contributed by atoms with E-state index in [-0.39, 0.29) is 42.6 Å². The Hall–Kier alpha value is -4.46. The summed E-state index contributed by atoms with van der Waals surface area (Å²) < 4.78 is 5.54. The fourth-order valence-electron chi connectivity index (χ4n) is 6.76. The van der Waals surface area contributed by atoms with E-state index in [0.29, 0.717) is 77.0 Å². The van der Waals surface area contributed by atoms with Crippen LogP contribution in [0.5, 0.6) is 0 Å². The standard InChI is InChI=1S/C42H54N6O5S2/c1-30(2)40-44-35(28-54-40)26-47(3)41(51)46-38(18-21-48-19-16-36(49)17-20-48)39(50)24-33(22-31-10-6-4-7-11-31)14-15-34(23-32-12-8-5-9-13-32)45-42(52)53-27-37-25-43-29-55-37/h4-13,25,28-30,33-34,38H,14-24,26-27H2,1-3H3,(H,45,52)(H,46,51). The minimum Gasteiger partial charge on any atom is -0.444 e. The Morgan fingerprint density at radius 1 is 0.909 bits per heavy atom. The highest BCUT2D eigenvalue weighted by atomic mass is 32.1. The van der Waals surface area contributed by atoms with Crippen LogP contribution in [0.15, 0.2) is 77.8 Å². The molecule has 2 N–H and O–H groups in total. The molecule has 3 atom stereocenters. The highest BCUT2D eigenvalue weighted by molar-refractivity contribution is 7.09. The first-order valence-corrected chi connectivity index (χ1v) is 21.0. The Labute approximate surface area is 332 Å². The van der Waals surface area contributed by atoms with Gasteiger partial charge in [0.15, 0.2) is 5.78 Å². The summed E-state index contributed by atoms with van der Waals surface area (Å²) in [7, 11) is 1.72. The third-order valence-corrected chi connectivity index (χ3v) is 11.8. The van der Waals surface area contributed by atoms with Crippen molar-refractivity contribution in [3.05, 3.63) is 104 Å². The highest BCUT2D eigenvalue weighted by Crippen LogP contribution is 2.23. The Balaban J connectivity index is 1.28. The molecule has 3 unspecified atom stereocenters. The molecular weight excluding hydrogens is 733 g/mol. The third-order valence-electron chi connectivity index (χ3n) is 9.90. The zero-order valence-electron chi connectivity index (χ0n) is 32.2. The first kappa shape index (κ1) is 41.7. The summed E-state index contributed by atoms with van der Waals surface area (Å²) in [6.45, 7) is 6.61. The lowest BCUT2D eigenvalue weighted by Gasteiger charge is -2.29. The van der Waals surface area contributed by atoms with Gasteiger partial charge in [-0.2, -0.15) is 0 Å². The van der Waals surface area contributed by atoms with Crippen molar-refractivity contribution in [3.8, 4) is 0 Å². The Bertz CT molecular complexity index is 1780. The summed E-state index contributed by atoms with van der Waals surface area (Å²) in [5.41, 5.74) is 4.74. The van der Waals surface area contributed by atoms with E-state index in [1.165, 1.54) is 11.3 Å². The summed E-state index contributed by atoms with van der Waals surface area (Å²) in [6, 6.07) is 18.9. The molecule has 2 aromatic carbocycles. The lowest BCUT2D eigenvalue weighted by atomic mass is 9.86. The monoisotopic (exact) mass is 786 g/mol. The molecule has 0 spiro atoms. The summed E-state index contributed by atoms with van der Waals surface area (Å²) in [5.74, 6) is 0.500. The number of ketones is 2. The second-order valence-electron chi connectivity index (χ2n) is 14.7. The number of amides is 3. The predicted molar refractivity (Wildman–Crippen MR) is 217 cm³/mol. The van der Waals surface area contributed by atoms with E-state index in [9.17, 15) is 19.2 Å². The van der Waals surface area contributed by atoms with Gasteiger partial charge < -0.3 is 25.2 Å². The Kier molecular flexibility index (Phi) is 16.4.